The first-order valence-electron chi connectivity index (χ1n) is 10.5. The van der Waals surface area contributed by atoms with Gasteiger partial charge in [0.25, 0.3) is 0 Å². The topological polar surface area (TPSA) is 3.24 Å². The molecule has 4 rings (SSSR count). The van der Waals surface area contributed by atoms with Gasteiger partial charge in [-0.05, 0) is 79.1 Å². The Balaban J connectivity index is 1.72. The summed E-state index contributed by atoms with van der Waals surface area (Å²) >= 11 is 0. The van der Waals surface area contributed by atoms with Gasteiger partial charge in [0.05, 0.1) is 5.56 Å². The minimum atomic E-state index is -4.31. The first-order chi connectivity index (χ1) is 13.5. The predicted octanol–water partition coefficient (Wildman–Crippen LogP) is 7.01. The van der Waals surface area contributed by atoms with Crippen molar-refractivity contribution in [3.63, 3.8) is 0 Å². The van der Waals surface area contributed by atoms with Crippen LogP contribution in [0.4, 0.5) is 13.2 Å². The first kappa shape index (κ1) is 19.5. The Bertz CT molecular complexity index is 821. The molecule has 0 spiro atoms. The Hall–Kier alpha value is -1.81. The minimum absolute atomic E-state index is 0.367. The van der Waals surface area contributed by atoms with Crippen LogP contribution in [-0.2, 0) is 12.6 Å². The molecule has 1 fully saturated rings. The molecule has 150 valence electrons. The Morgan fingerprint density at radius 1 is 0.964 bits per heavy atom. The number of alkyl halides is 3. The molecule has 1 aliphatic carbocycles. The highest BCUT2D eigenvalue weighted by Crippen LogP contribution is 2.39. The quantitative estimate of drug-likeness (QED) is 0.547. The second-order valence-electron chi connectivity index (χ2n) is 8.20. The maximum Gasteiger partial charge on any atom is 0.416 e. The van der Waals surface area contributed by atoms with E-state index >= 15 is 0 Å². The van der Waals surface area contributed by atoms with E-state index in [0.29, 0.717) is 17.6 Å². The highest BCUT2D eigenvalue weighted by molar-refractivity contribution is 5.66. The fourth-order valence-electron chi connectivity index (χ4n) is 5.10. The molecule has 2 aliphatic rings. The molecule has 1 aliphatic heterocycles. The lowest BCUT2D eigenvalue weighted by Crippen LogP contribution is -2.36. The maximum absolute atomic E-state index is 13.1. The van der Waals surface area contributed by atoms with Crippen LogP contribution in [0.5, 0.6) is 0 Å². The highest BCUT2D eigenvalue weighted by atomic mass is 19.4. The summed E-state index contributed by atoms with van der Waals surface area (Å²) in [5.41, 5.74) is 3.63. The second-order valence-corrected chi connectivity index (χ2v) is 8.20. The molecule has 1 heterocycles. The number of nitrogens with zero attached hydrogens (tertiary/aromatic N) is 1. The highest BCUT2D eigenvalue weighted by Gasteiger charge is 2.32. The smallest absolute Gasteiger partial charge is 0.293 e. The summed E-state index contributed by atoms with van der Waals surface area (Å²) in [6.07, 6.45) is 4.12. The van der Waals surface area contributed by atoms with E-state index in [1.165, 1.54) is 48.9 Å². The number of hydrogen-bond donors (Lipinski definition) is 0. The third kappa shape index (κ3) is 3.84. The zero-order valence-electron chi connectivity index (χ0n) is 16.4. The summed E-state index contributed by atoms with van der Waals surface area (Å²) in [4.78, 5) is 2.69. The third-order valence-electron chi connectivity index (χ3n) is 6.47. The molecule has 1 saturated carbocycles. The zero-order valence-corrected chi connectivity index (χ0v) is 16.4. The summed E-state index contributed by atoms with van der Waals surface area (Å²) in [5, 5.41) is 0. The van der Waals surface area contributed by atoms with Gasteiger partial charge in [0.2, 0.25) is 0 Å². The average molecular weight is 387 g/mol. The van der Waals surface area contributed by atoms with E-state index in [1.54, 1.807) is 6.07 Å². The standard InChI is InChI=1S/C24H28F3N/c1-2-23-22-16-19(18-7-5-9-20(15-18)24(25,26)27)13-12-17(22)8-6-14-28(23)21-10-3-4-11-21/h5,7,9,12-13,15-16,21,23H,2-4,6,8,10-11,14H2,1H3. The van der Waals surface area contributed by atoms with Gasteiger partial charge in [-0.2, -0.15) is 13.2 Å². The van der Waals surface area contributed by atoms with Crippen LogP contribution in [0.25, 0.3) is 11.1 Å². The number of halogens is 3. The van der Waals surface area contributed by atoms with Crippen LogP contribution < -0.4 is 0 Å². The van der Waals surface area contributed by atoms with Gasteiger partial charge in [-0.1, -0.05) is 44.0 Å². The summed E-state index contributed by atoms with van der Waals surface area (Å²) in [7, 11) is 0. The van der Waals surface area contributed by atoms with Gasteiger partial charge in [0.15, 0.2) is 0 Å². The van der Waals surface area contributed by atoms with E-state index in [4.69, 9.17) is 0 Å². The number of aryl methyl sites for hydroxylation is 1. The van der Waals surface area contributed by atoms with E-state index in [9.17, 15) is 13.2 Å². The van der Waals surface area contributed by atoms with Crippen molar-refractivity contribution >= 4 is 0 Å². The van der Waals surface area contributed by atoms with Crippen molar-refractivity contribution in [1.82, 2.24) is 4.90 Å². The molecule has 2 aromatic rings. The molecule has 0 aromatic heterocycles. The van der Waals surface area contributed by atoms with Crippen LogP contribution in [0.2, 0.25) is 0 Å². The van der Waals surface area contributed by atoms with Crippen LogP contribution >= 0.6 is 0 Å². The molecule has 0 radical (unpaired) electrons. The molecule has 0 bridgehead atoms. The Kier molecular flexibility index (Phi) is 5.50. The number of hydrogen-bond acceptors (Lipinski definition) is 1. The Morgan fingerprint density at radius 3 is 2.43 bits per heavy atom. The van der Waals surface area contributed by atoms with Crippen molar-refractivity contribution in [2.75, 3.05) is 6.54 Å². The third-order valence-corrected chi connectivity index (χ3v) is 6.47. The summed E-state index contributed by atoms with van der Waals surface area (Å²) in [6.45, 7) is 3.36. The zero-order chi connectivity index (χ0) is 19.7. The Morgan fingerprint density at radius 2 is 1.71 bits per heavy atom. The predicted molar refractivity (Wildman–Crippen MR) is 107 cm³/mol. The molecule has 0 saturated heterocycles. The van der Waals surface area contributed by atoms with Crippen LogP contribution in [0.15, 0.2) is 42.5 Å². The van der Waals surface area contributed by atoms with Crippen LogP contribution in [0.1, 0.15) is 68.2 Å². The van der Waals surface area contributed by atoms with Crippen molar-refractivity contribution in [3.05, 3.63) is 59.2 Å². The van der Waals surface area contributed by atoms with Crippen molar-refractivity contribution in [2.45, 2.75) is 70.1 Å². The van der Waals surface area contributed by atoms with Crippen LogP contribution in [0.3, 0.4) is 0 Å². The molecule has 4 heteroatoms. The normalized spacial score (nSPS) is 21.5. The molecule has 0 N–H and O–H groups in total. The Labute approximate surface area is 165 Å². The SMILES string of the molecule is CCC1c2cc(-c3cccc(C(F)(F)F)c3)ccc2CCCN1C1CCCC1. The van der Waals surface area contributed by atoms with Crippen molar-refractivity contribution in [2.24, 2.45) is 0 Å². The van der Waals surface area contributed by atoms with E-state index in [2.05, 4.69) is 24.0 Å². The number of benzene rings is 2. The molecule has 1 unspecified atom stereocenters. The summed E-state index contributed by atoms with van der Waals surface area (Å²) in [6, 6.07) is 13.0. The largest absolute Gasteiger partial charge is 0.416 e. The minimum Gasteiger partial charge on any atom is -0.293 e. The van der Waals surface area contributed by atoms with E-state index in [1.807, 2.05) is 6.07 Å². The van der Waals surface area contributed by atoms with Gasteiger partial charge in [0, 0.05) is 12.1 Å². The van der Waals surface area contributed by atoms with Crippen LogP contribution in [-0.4, -0.2) is 17.5 Å². The lowest BCUT2D eigenvalue weighted by atomic mass is 9.91. The molecule has 1 atom stereocenters. The average Bonchev–Trinajstić information content (AvgIpc) is 3.15. The lowest BCUT2D eigenvalue weighted by Gasteiger charge is -2.35. The fourth-order valence-corrected chi connectivity index (χ4v) is 5.10. The number of fused-ring (bicyclic) bond motifs is 1. The molecule has 1 nitrogen and oxygen atoms in total. The van der Waals surface area contributed by atoms with Gasteiger partial charge in [-0.25, -0.2) is 0 Å². The molecule has 2 aromatic carbocycles. The van der Waals surface area contributed by atoms with Gasteiger partial charge in [-0.15, -0.1) is 0 Å². The van der Waals surface area contributed by atoms with Gasteiger partial charge in [0.1, 0.15) is 0 Å². The summed E-state index contributed by atoms with van der Waals surface area (Å²) < 4.78 is 39.4. The number of rotatable bonds is 3. The van der Waals surface area contributed by atoms with Gasteiger partial charge < -0.3 is 0 Å². The molecule has 0 amide bonds. The lowest BCUT2D eigenvalue weighted by molar-refractivity contribution is -0.137. The monoisotopic (exact) mass is 387 g/mol. The molecular weight excluding hydrogens is 359 g/mol. The van der Waals surface area contributed by atoms with Crippen molar-refractivity contribution in [1.29, 1.82) is 0 Å². The van der Waals surface area contributed by atoms with Crippen LogP contribution in [0, 0.1) is 0 Å². The van der Waals surface area contributed by atoms with E-state index in [-0.39, 0.29) is 0 Å². The van der Waals surface area contributed by atoms with Crippen molar-refractivity contribution in [3.8, 4) is 11.1 Å². The van der Waals surface area contributed by atoms with E-state index in [0.717, 1.165) is 37.4 Å². The first-order valence-corrected chi connectivity index (χ1v) is 10.5. The van der Waals surface area contributed by atoms with Crippen molar-refractivity contribution < 1.29 is 13.2 Å². The maximum atomic E-state index is 13.1. The van der Waals surface area contributed by atoms with E-state index < -0.39 is 11.7 Å². The summed E-state index contributed by atoms with van der Waals surface area (Å²) in [5.74, 6) is 0. The second kappa shape index (κ2) is 7.90. The van der Waals surface area contributed by atoms with Gasteiger partial charge >= 0.3 is 6.18 Å². The van der Waals surface area contributed by atoms with Gasteiger partial charge in [-0.3, -0.25) is 4.90 Å². The molecular formula is C24H28F3N. The molecule has 28 heavy (non-hydrogen) atoms. The fraction of sp³-hybridized carbons (Fsp3) is 0.500.